The molecule has 0 saturated heterocycles. The highest BCUT2D eigenvalue weighted by Crippen LogP contribution is 2.18. The van der Waals surface area contributed by atoms with Gasteiger partial charge in [-0.2, -0.15) is 0 Å². The van der Waals surface area contributed by atoms with Crippen molar-refractivity contribution in [2.45, 2.75) is 20.5 Å². The van der Waals surface area contributed by atoms with Gasteiger partial charge >= 0.3 is 0 Å². The molecule has 0 spiro atoms. The smallest absolute Gasteiger partial charge is 0.0681 e. The molecular weight excluding hydrogens is 196 g/mol. The molecule has 1 N–H and O–H groups in total. The van der Waals surface area contributed by atoms with Crippen molar-refractivity contribution in [2.75, 3.05) is 0 Å². The number of rotatable bonds is 4. The molecule has 0 aromatic heterocycles. The van der Waals surface area contributed by atoms with Crippen LogP contribution in [0.15, 0.2) is 54.6 Å². The van der Waals surface area contributed by atoms with Crippen LogP contribution >= 0.6 is 0 Å². The number of hydrogen-bond acceptors (Lipinski definition) is 1. The van der Waals surface area contributed by atoms with Crippen LogP contribution in [0.25, 0.3) is 5.57 Å². The van der Waals surface area contributed by atoms with E-state index in [-0.39, 0.29) is 6.61 Å². The van der Waals surface area contributed by atoms with Crippen molar-refractivity contribution in [3.05, 3.63) is 65.8 Å². The lowest BCUT2D eigenvalue weighted by Gasteiger charge is -2.04. The van der Waals surface area contributed by atoms with Gasteiger partial charge in [-0.1, -0.05) is 54.6 Å². The predicted molar refractivity (Wildman–Crippen MR) is 70.0 cm³/mol. The summed E-state index contributed by atoms with van der Waals surface area (Å²) >= 11 is 0. The number of allylic oxidation sites excluding steroid dienone is 5. The maximum atomic E-state index is 8.97. The average molecular weight is 214 g/mol. The van der Waals surface area contributed by atoms with Crippen LogP contribution in [-0.2, 0) is 6.61 Å². The van der Waals surface area contributed by atoms with Gasteiger partial charge in [0.15, 0.2) is 0 Å². The summed E-state index contributed by atoms with van der Waals surface area (Å²) in [6.07, 6.45) is 5.89. The zero-order chi connectivity index (χ0) is 12.0. The van der Waals surface area contributed by atoms with Crippen LogP contribution in [0, 0.1) is 0 Å². The van der Waals surface area contributed by atoms with Crippen molar-refractivity contribution in [1.82, 2.24) is 0 Å². The van der Waals surface area contributed by atoms with Crippen LogP contribution < -0.4 is 0 Å². The quantitative estimate of drug-likeness (QED) is 0.757. The first kappa shape index (κ1) is 12.5. The fourth-order valence-electron chi connectivity index (χ4n) is 1.47. The van der Waals surface area contributed by atoms with Gasteiger partial charge in [-0.05, 0) is 30.5 Å². The Kier molecular flexibility index (Phi) is 4.74. The summed E-state index contributed by atoms with van der Waals surface area (Å²) in [6, 6.07) is 7.90. The summed E-state index contributed by atoms with van der Waals surface area (Å²) in [5, 5.41) is 8.97. The van der Waals surface area contributed by atoms with Crippen LogP contribution in [-0.4, -0.2) is 5.11 Å². The molecule has 0 amide bonds. The molecule has 0 radical (unpaired) electrons. The Labute approximate surface area is 97.4 Å². The first-order valence-corrected chi connectivity index (χ1v) is 5.35. The summed E-state index contributed by atoms with van der Waals surface area (Å²) in [6.45, 7) is 7.95. The van der Waals surface area contributed by atoms with Crippen molar-refractivity contribution in [3.63, 3.8) is 0 Å². The van der Waals surface area contributed by atoms with Crippen molar-refractivity contribution in [2.24, 2.45) is 0 Å². The molecule has 0 bridgehead atoms. The van der Waals surface area contributed by atoms with Gasteiger partial charge in [0.25, 0.3) is 0 Å². The maximum absolute atomic E-state index is 8.97. The molecule has 84 valence electrons. The first-order chi connectivity index (χ1) is 7.67. The lowest BCUT2D eigenvalue weighted by molar-refractivity contribution is 0.282. The molecule has 16 heavy (non-hydrogen) atoms. The van der Waals surface area contributed by atoms with E-state index in [0.717, 1.165) is 16.7 Å². The van der Waals surface area contributed by atoms with E-state index in [1.54, 1.807) is 6.08 Å². The van der Waals surface area contributed by atoms with Crippen molar-refractivity contribution < 1.29 is 5.11 Å². The lowest BCUT2D eigenvalue weighted by Crippen LogP contribution is -1.85. The summed E-state index contributed by atoms with van der Waals surface area (Å²) in [5.41, 5.74) is 4.45. The normalized spacial score (nSPS) is 11.1. The predicted octanol–water partition coefficient (Wildman–Crippen LogP) is 3.71. The Morgan fingerprint density at radius 1 is 1.25 bits per heavy atom. The van der Waals surface area contributed by atoms with Gasteiger partial charge in [-0.15, -0.1) is 0 Å². The Morgan fingerprint density at radius 2 is 1.88 bits per heavy atom. The van der Waals surface area contributed by atoms with E-state index < -0.39 is 0 Å². The molecule has 0 fully saturated rings. The minimum Gasteiger partial charge on any atom is -0.392 e. The third-order valence-corrected chi connectivity index (χ3v) is 2.21. The lowest BCUT2D eigenvalue weighted by atomic mass is 10.0. The Bertz CT molecular complexity index is 404. The minimum absolute atomic E-state index is 0.0867. The Hall–Kier alpha value is -1.60. The third-order valence-electron chi connectivity index (χ3n) is 2.21. The fraction of sp³-hybridized carbons (Fsp3) is 0.200. The number of benzene rings is 1. The molecule has 0 aliphatic carbocycles. The molecule has 0 atom stereocenters. The topological polar surface area (TPSA) is 20.2 Å². The van der Waals surface area contributed by atoms with Gasteiger partial charge in [-0.25, -0.2) is 0 Å². The molecule has 0 heterocycles. The summed E-state index contributed by atoms with van der Waals surface area (Å²) < 4.78 is 0. The third kappa shape index (κ3) is 3.52. The molecule has 1 heteroatoms. The standard InChI is InChI=1S/C15H18O/c1-4-5-15(10-12(2)3)14-8-6-13(11-16)7-9-14/h4-10,16H,1,11H2,2-3H3/b15-5+. The van der Waals surface area contributed by atoms with Crippen molar-refractivity contribution >= 4 is 5.57 Å². The Balaban J connectivity index is 3.07. The molecule has 0 saturated carbocycles. The van der Waals surface area contributed by atoms with E-state index in [9.17, 15) is 0 Å². The molecule has 1 aromatic carbocycles. The zero-order valence-corrected chi connectivity index (χ0v) is 9.90. The highest BCUT2D eigenvalue weighted by molar-refractivity contribution is 5.75. The Morgan fingerprint density at radius 3 is 2.31 bits per heavy atom. The van der Waals surface area contributed by atoms with Gasteiger partial charge in [0, 0.05) is 0 Å². The molecular formula is C15H18O. The van der Waals surface area contributed by atoms with E-state index in [1.165, 1.54) is 5.57 Å². The monoisotopic (exact) mass is 214 g/mol. The zero-order valence-electron chi connectivity index (χ0n) is 9.90. The second-order valence-corrected chi connectivity index (χ2v) is 3.93. The molecule has 1 nitrogen and oxygen atoms in total. The molecule has 1 rings (SSSR count). The van der Waals surface area contributed by atoms with E-state index in [2.05, 4.69) is 26.5 Å². The van der Waals surface area contributed by atoms with Gasteiger partial charge in [0.05, 0.1) is 6.61 Å². The van der Waals surface area contributed by atoms with Crippen LogP contribution in [0.3, 0.4) is 0 Å². The molecule has 0 unspecified atom stereocenters. The van der Waals surface area contributed by atoms with E-state index in [4.69, 9.17) is 5.11 Å². The second kappa shape index (κ2) is 6.09. The largest absolute Gasteiger partial charge is 0.392 e. The van der Waals surface area contributed by atoms with Gasteiger partial charge in [0.1, 0.15) is 0 Å². The minimum atomic E-state index is 0.0867. The number of aliphatic hydroxyl groups is 1. The van der Waals surface area contributed by atoms with Gasteiger partial charge in [0.2, 0.25) is 0 Å². The van der Waals surface area contributed by atoms with E-state index >= 15 is 0 Å². The summed E-state index contributed by atoms with van der Waals surface area (Å²) in [5.74, 6) is 0. The maximum Gasteiger partial charge on any atom is 0.0681 e. The summed E-state index contributed by atoms with van der Waals surface area (Å²) in [4.78, 5) is 0. The first-order valence-electron chi connectivity index (χ1n) is 5.35. The highest BCUT2D eigenvalue weighted by atomic mass is 16.3. The van der Waals surface area contributed by atoms with Crippen molar-refractivity contribution in [1.29, 1.82) is 0 Å². The van der Waals surface area contributed by atoms with Crippen LogP contribution in [0.5, 0.6) is 0 Å². The van der Waals surface area contributed by atoms with Crippen molar-refractivity contribution in [3.8, 4) is 0 Å². The summed E-state index contributed by atoms with van der Waals surface area (Å²) in [7, 11) is 0. The SMILES string of the molecule is C=C/C=C(\C=C(C)C)c1ccc(CO)cc1. The van der Waals surface area contributed by atoms with Crippen LogP contribution in [0.1, 0.15) is 25.0 Å². The average Bonchev–Trinajstić information content (AvgIpc) is 2.28. The number of hydrogen-bond donors (Lipinski definition) is 1. The van der Waals surface area contributed by atoms with Crippen LogP contribution in [0.2, 0.25) is 0 Å². The van der Waals surface area contributed by atoms with Crippen LogP contribution in [0.4, 0.5) is 0 Å². The van der Waals surface area contributed by atoms with Gasteiger partial charge in [-0.3, -0.25) is 0 Å². The molecule has 0 aliphatic rings. The van der Waals surface area contributed by atoms with Gasteiger partial charge < -0.3 is 5.11 Å². The van der Waals surface area contributed by atoms with E-state index in [1.807, 2.05) is 30.3 Å². The fourth-order valence-corrected chi connectivity index (χ4v) is 1.47. The van der Waals surface area contributed by atoms with E-state index in [0.29, 0.717) is 0 Å². The molecule has 0 aliphatic heterocycles. The second-order valence-electron chi connectivity index (χ2n) is 3.93. The number of aliphatic hydroxyl groups excluding tert-OH is 1. The highest BCUT2D eigenvalue weighted by Gasteiger charge is 1.98. The molecule has 1 aromatic rings.